The lowest BCUT2D eigenvalue weighted by atomic mass is 10.3. The summed E-state index contributed by atoms with van der Waals surface area (Å²) in [6, 6.07) is 1.33. The predicted octanol–water partition coefficient (Wildman–Crippen LogP) is 2.09. The Labute approximate surface area is 86.2 Å². The number of alkyl halides is 5. The molecule has 1 aromatic heterocycles. The summed E-state index contributed by atoms with van der Waals surface area (Å²) >= 11 is 0. The van der Waals surface area contributed by atoms with Crippen LogP contribution in [0.3, 0.4) is 0 Å². The third-order valence-corrected chi connectivity index (χ3v) is 1.67. The van der Waals surface area contributed by atoms with E-state index >= 15 is 0 Å². The summed E-state index contributed by atoms with van der Waals surface area (Å²) in [5.41, 5.74) is 0.284. The molecule has 0 atom stereocenters. The van der Waals surface area contributed by atoms with Crippen LogP contribution in [0.2, 0.25) is 0 Å². The first-order chi connectivity index (χ1) is 7.25. The monoisotopic (exact) mass is 243 g/mol. The zero-order valence-corrected chi connectivity index (χ0v) is 7.65. The molecule has 1 amide bonds. The van der Waals surface area contributed by atoms with Gasteiger partial charge in [0.15, 0.2) is 0 Å². The number of hydrogen-bond acceptors (Lipinski definition) is 2. The van der Waals surface area contributed by atoms with Gasteiger partial charge in [-0.2, -0.15) is 22.0 Å². The number of nitrogens with one attached hydrogen (secondary N) is 1. The van der Waals surface area contributed by atoms with Crippen molar-refractivity contribution in [1.29, 1.82) is 0 Å². The van der Waals surface area contributed by atoms with Crippen molar-refractivity contribution in [2.75, 3.05) is 0 Å². The minimum Gasteiger partial charge on any atom is -0.472 e. The first-order valence-corrected chi connectivity index (χ1v) is 3.99. The van der Waals surface area contributed by atoms with Crippen molar-refractivity contribution < 1.29 is 31.2 Å². The molecule has 0 aliphatic rings. The van der Waals surface area contributed by atoms with Gasteiger partial charge in [-0.15, -0.1) is 0 Å². The number of hydrogen-bond donors (Lipinski definition) is 1. The van der Waals surface area contributed by atoms with Crippen molar-refractivity contribution in [1.82, 2.24) is 5.32 Å². The topological polar surface area (TPSA) is 42.2 Å². The number of furan rings is 1. The van der Waals surface area contributed by atoms with E-state index in [0.717, 1.165) is 6.26 Å². The summed E-state index contributed by atoms with van der Waals surface area (Å²) in [6.07, 6.45) is -3.58. The van der Waals surface area contributed by atoms with Crippen LogP contribution in [-0.4, -0.2) is 18.0 Å². The standard InChI is InChI=1S/C8H6F5NO2/c9-7(10,8(11,12)13)6(15)14-3-5-1-2-16-4-5/h1-2,4H,3H2,(H,14,15). The second kappa shape index (κ2) is 4.11. The Hall–Kier alpha value is -1.60. The molecule has 0 unspecified atom stereocenters. The van der Waals surface area contributed by atoms with E-state index in [1.54, 1.807) is 0 Å². The minimum atomic E-state index is -5.90. The summed E-state index contributed by atoms with van der Waals surface area (Å²) in [4.78, 5) is 10.6. The van der Waals surface area contributed by atoms with Crippen molar-refractivity contribution in [3.63, 3.8) is 0 Å². The van der Waals surface area contributed by atoms with Gasteiger partial charge in [-0.05, 0) is 6.07 Å². The van der Waals surface area contributed by atoms with Crippen LogP contribution in [0.4, 0.5) is 22.0 Å². The summed E-state index contributed by atoms with van der Waals surface area (Å²) < 4.78 is 64.5. The van der Waals surface area contributed by atoms with Crippen LogP contribution in [0.25, 0.3) is 0 Å². The van der Waals surface area contributed by atoms with Crippen molar-refractivity contribution in [3.8, 4) is 0 Å². The maximum atomic E-state index is 12.4. The Balaban J connectivity index is 2.59. The van der Waals surface area contributed by atoms with Gasteiger partial charge in [0, 0.05) is 12.1 Å². The van der Waals surface area contributed by atoms with E-state index in [-0.39, 0.29) is 5.56 Å². The van der Waals surface area contributed by atoms with Crippen LogP contribution in [-0.2, 0) is 11.3 Å². The highest BCUT2D eigenvalue weighted by Gasteiger charge is 2.63. The van der Waals surface area contributed by atoms with Crippen molar-refractivity contribution in [2.24, 2.45) is 0 Å². The van der Waals surface area contributed by atoms with Crippen LogP contribution in [0.1, 0.15) is 5.56 Å². The number of amides is 1. The van der Waals surface area contributed by atoms with Crippen LogP contribution < -0.4 is 5.32 Å². The highest BCUT2D eigenvalue weighted by molar-refractivity contribution is 5.84. The van der Waals surface area contributed by atoms with Gasteiger partial charge in [-0.1, -0.05) is 0 Å². The summed E-state index contributed by atoms with van der Waals surface area (Å²) in [5, 5.41) is 1.46. The van der Waals surface area contributed by atoms with Gasteiger partial charge in [-0.25, -0.2) is 0 Å². The highest BCUT2D eigenvalue weighted by atomic mass is 19.4. The quantitative estimate of drug-likeness (QED) is 0.826. The van der Waals surface area contributed by atoms with Crippen molar-refractivity contribution in [3.05, 3.63) is 24.2 Å². The fraction of sp³-hybridized carbons (Fsp3) is 0.375. The summed E-state index contributed by atoms with van der Waals surface area (Å²) in [7, 11) is 0. The third kappa shape index (κ3) is 2.50. The number of rotatable bonds is 3. The van der Waals surface area contributed by atoms with Crippen LogP contribution >= 0.6 is 0 Å². The molecule has 0 saturated carbocycles. The zero-order valence-electron chi connectivity index (χ0n) is 7.65. The fourth-order valence-corrected chi connectivity index (χ4v) is 0.815. The molecule has 0 aliphatic carbocycles. The molecule has 0 saturated heterocycles. The smallest absolute Gasteiger partial charge is 0.463 e. The molecule has 0 spiro atoms. The first-order valence-electron chi connectivity index (χ1n) is 3.99. The second-order valence-corrected chi connectivity index (χ2v) is 2.89. The highest BCUT2D eigenvalue weighted by Crippen LogP contribution is 2.35. The zero-order chi connectivity index (χ0) is 12.4. The molecule has 90 valence electrons. The van der Waals surface area contributed by atoms with Crippen LogP contribution in [0.15, 0.2) is 23.0 Å². The molecule has 1 aromatic rings. The lowest BCUT2D eigenvalue weighted by Crippen LogP contribution is -2.50. The Morgan fingerprint density at radius 3 is 2.38 bits per heavy atom. The average molecular weight is 243 g/mol. The normalized spacial score (nSPS) is 12.6. The lowest BCUT2D eigenvalue weighted by Gasteiger charge is -2.18. The van der Waals surface area contributed by atoms with E-state index in [4.69, 9.17) is 0 Å². The Morgan fingerprint density at radius 1 is 1.31 bits per heavy atom. The Morgan fingerprint density at radius 2 is 1.94 bits per heavy atom. The average Bonchev–Trinajstić information content (AvgIpc) is 2.64. The van der Waals surface area contributed by atoms with Crippen molar-refractivity contribution in [2.45, 2.75) is 18.6 Å². The maximum Gasteiger partial charge on any atom is 0.463 e. The van der Waals surface area contributed by atoms with E-state index in [0.29, 0.717) is 0 Å². The Bertz CT molecular complexity index is 357. The molecule has 8 heteroatoms. The molecule has 1 rings (SSSR count). The molecule has 1 heterocycles. The molecule has 0 radical (unpaired) electrons. The van der Waals surface area contributed by atoms with Gasteiger partial charge in [0.2, 0.25) is 0 Å². The molecular formula is C8H6F5NO2. The van der Waals surface area contributed by atoms with Gasteiger partial charge in [0.25, 0.3) is 0 Å². The Kier molecular flexibility index (Phi) is 3.20. The molecule has 0 fully saturated rings. The first kappa shape index (κ1) is 12.5. The SMILES string of the molecule is O=C(NCc1ccoc1)C(F)(F)C(F)(F)F. The molecule has 1 N–H and O–H groups in total. The third-order valence-electron chi connectivity index (χ3n) is 1.67. The minimum absolute atomic E-state index is 0.284. The maximum absolute atomic E-state index is 12.4. The van der Waals surface area contributed by atoms with Gasteiger partial charge >= 0.3 is 18.0 Å². The molecule has 16 heavy (non-hydrogen) atoms. The number of halogens is 5. The molecule has 0 aromatic carbocycles. The van der Waals surface area contributed by atoms with Crippen LogP contribution in [0, 0.1) is 0 Å². The van der Waals surface area contributed by atoms with E-state index in [1.807, 2.05) is 0 Å². The second-order valence-electron chi connectivity index (χ2n) is 2.89. The molecule has 0 aliphatic heterocycles. The summed E-state index contributed by atoms with van der Waals surface area (Å²) in [5.74, 6) is -7.78. The van der Waals surface area contributed by atoms with E-state index in [2.05, 4.69) is 4.42 Å². The molecule has 0 bridgehead atoms. The van der Waals surface area contributed by atoms with E-state index in [1.165, 1.54) is 17.6 Å². The molecular weight excluding hydrogens is 237 g/mol. The van der Waals surface area contributed by atoms with Crippen molar-refractivity contribution >= 4 is 5.91 Å². The predicted molar refractivity (Wildman–Crippen MR) is 41.6 cm³/mol. The van der Waals surface area contributed by atoms with Gasteiger partial charge in [0.05, 0.1) is 12.5 Å². The largest absolute Gasteiger partial charge is 0.472 e. The van der Waals surface area contributed by atoms with E-state index in [9.17, 15) is 26.7 Å². The lowest BCUT2D eigenvalue weighted by molar-refractivity contribution is -0.269. The van der Waals surface area contributed by atoms with Gasteiger partial charge in [-0.3, -0.25) is 4.79 Å². The number of carbonyl (C=O) groups excluding carboxylic acids is 1. The fourth-order valence-electron chi connectivity index (χ4n) is 0.815. The van der Waals surface area contributed by atoms with Gasteiger partial charge in [0.1, 0.15) is 0 Å². The van der Waals surface area contributed by atoms with E-state index < -0.39 is 24.6 Å². The van der Waals surface area contributed by atoms with Gasteiger partial charge < -0.3 is 9.73 Å². The van der Waals surface area contributed by atoms with Crippen LogP contribution in [0.5, 0.6) is 0 Å². The summed E-state index contributed by atoms with van der Waals surface area (Å²) in [6.45, 7) is -0.457. The molecule has 3 nitrogen and oxygen atoms in total. The number of carbonyl (C=O) groups is 1.